The molecular weight excluding hydrogens is 226 g/mol. The molecule has 0 unspecified atom stereocenters. The summed E-state index contributed by atoms with van der Waals surface area (Å²) in [4.78, 5) is 4.39. The average molecular weight is 245 g/mol. The summed E-state index contributed by atoms with van der Waals surface area (Å²) >= 11 is 0. The van der Waals surface area contributed by atoms with E-state index in [-0.39, 0.29) is 0 Å². The molecule has 18 heavy (non-hydrogen) atoms. The highest BCUT2D eigenvalue weighted by Gasteiger charge is 2.05. The molecule has 1 aromatic heterocycles. The molecular formula is C14H19N3O. The van der Waals surface area contributed by atoms with Crippen LogP contribution < -0.4 is 10.5 Å². The molecule has 1 heterocycles. The maximum absolute atomic E-state index is 5.53. The average Bonchev–Trinajstić information content (AvgIpc) is 2.81. The van der Waals surface area contributed by atoms with Crippen molar-refractivity contribution in [3.63, 3.8) is 0 Å². The summed E-state index contributed by atoms with van der Waals surface area (Å²) in [5, 5.41) is 0. The van der Waals surface area contributed by atoms with Gasteiger partial charge in [-0.05, 0) is 37.6 Å². The van der Waals surface area contributed by atoms with Gasteiger partial charge >= 0.3 is 0 Å². The molecule has 0 spiro atoms. The second kappa shape index (κ2) is 5.69. The lowest BCUT2D eigenvalue weighted by Crippen LogP contribution is -2.07. The van der Waals surface area contributed by atoms with Gasteiger partial charge in [-0.1, -0.05) is 0 Å². The fraction of sp³-hybridized carbons (Fsp3) is 0.357. The molecule has 0 fully saturated rings. The number of nitrogens with two attached hydrogens (primary N) is 1. The minimum Gasteiger partial charge on any atom is -0.494 e. The highest BCUT2D eigenvalue weighted by molar-refractivity contribution is 5.61. The van der Waals surface area contributed by atoms with Crippen molar-refractivity contribution in [2.45, 2.75) is 20.4 Å². The van der Waals surface area contributed by atoms with Crippen molar-refractivity contribution in [3.8, 4) is 17.0 Å². The van der Waals surface area contributed by atoms with Gasteiger partial charge in [0.2, 0.25) is 0 Å². The van der Waals surface area contributed by atoms with Crippen LogP contribution in [-0.2, 0) is 6.54 Å². The molecule has 0 amide bonds. The fourth-order valence-corrected chi connectivity index (χ4v) is 1.91. The Morgan fingerprint density at radius 2 is 2.22 bits per heavy atom. The first kappa shape index (κ1) is 12.6. The lowest BCUT2D eigenvalue weighted by molar-refractivity contribution is 0.338. The Labute approximate surface area is 107 Å². The molecule has 4 heteroatoms. The van der Waals surface area contributed by atoms with E-state index in [4.69, 9.17) is 10.5 Å². The van der Waals surface area contributed by atoms with Crippen molar-refractivity contribution in [3.05, 3.63) is 36.3 Å². The Morgan fingerprint density at radius 3 is 2.89 bits per heavy atom. The van der Waals surface area contributed by atoms with E-state index in [2.05, 4.69) is 11.1 Å². The van der Waals surface area contributed by atoms with Crippen LogP contribution in [-0.4, -0.2) is 22.7 Å². The Hall–Kier alpha value is -1.81. The van der Waals surface area contributed by atoms with Crippen molar-refractivity contribution < 1.29 is 4.74 Å². The standard InChI is InChI=1S/C14H19N3O/c1-3-18-14-5-4-12(8-11(14)2)13-9-17(7-6-15)10-16-13/h4-5,8-10H,3,6-7,15H2,1-2H3. The van der Waals surface area contributed by atoms with Crippen molar-refractivity contribution in [1.29, 1.82) is 0 Å². The summed E-state index contributed by atoms with van der Waals surface area (Å²) in [6.07, 6.45) is 3.83. The van der Waals surface area contributed by atoms with Gasteiger partial charge in [-0.15, -0.1) is 0 Å². The number of rotatable bonds is 5. The number of nitrogens with zero attached hydrogens (tertiary/aromatic N) is 2. The molecule has 0 aliphatic rings. The van der Waals surface area contributed by atoms with Gasteiger partial charge in [0.15, 0.2) is 0 Å². The van der Waals surface area contributed by atoms with Gasteiger partial charge in [-0.2, -0.15) is 0 Å². The van der Waals surface area contributed by atoms with E-state index >= 15 is 0 Å². The normalized spacial score (nSPS) is 10.6. The van der Waals surface area contributed by atoms with Crippen LogP contribution in [0.2, 0.25) is 0 Å². The lowest BCUT2D eigenvalue weighted by atomic mass is 10.1. The van der Waals surface area contributed by atoms with E-state index < -0.39 is 0 Å². The minimum atomic E-state index is 0.623. The third kappa shape index (κ3) is 2.71. The van der Waals surface area contributed by atoms with Gasteiger partial charge in [0, 0.05) is 24.8 Å². The SMILES string of the molecule is CCOc1ccc(-c2cn(CCN)cn2)cc1C. The summed E-state index contributed by atoms with van der Waals surface area (Å²) in [6.45, 7) is 6.14. The van der Waals surface area contributed by atoms with E-state index in [0.29, 0.717) is 13.2 Å². The second-order valence-corrected chi connectivity index (χ2v) is 4.20. The molecule has 0 radical (unpaired) electrons. The van der Waals surface area contributed by atoms with E-state index in [0.717, 1.165) is 29.1 Å². The van der Waals surface area contributed by atoms with Gasteiger partial charge in [-0.25, -0.2) is 4.98 Å². The van der Waals surface area contributed by atoms with Crippen molar-refractivity contribution >= 4 is 0 Å². The van der Waals surface area contributed by atoms with Gasteiger partial charge < -0.3 is 15.0 Å². The van der Waals surface area contributed by atoms with E-state index in [9.17, 15) is 0 Å². The zero-order valence-electron chi connectivity index (χ0n) is 10.9. The van der Waals surface area contributed by atoms with E-state index in [1.54, 1.807) is 0 Å². The number of hydrogen-bond acceptors (Lipinski definition) is 3. The third-order valence-corrected chi connectivity index (χ3v) is 2.79. The summed E-state index contributed by atoms with van der Waals surface area (Å²) in [5.74, 6) is 0.933. The predicted molar refractivity (Wildman–Crippen MR) is 72.6 cm³/mol. The Kier molecular flexibility index (Phi) is 3.99. The largest absolute Gasteiger partial charge is 0.494 e. The first-order valence-corrected chi connectivity index (χ1v) is 6.20. The molecule has 0 atom stereocenters. The molecule has 0 bridgehead atoms. The summed E-state index contributed by atoms with van der Waals surface area (Å²) < 4.78 is 7.53. The molecule has 0 aliphatic carbocycles. The monoisotopic (exact) mass is 245 g/mol. The van der Waals surface area contributed by atoms with Crippen LogP contribution in [0, 0.1) is 6.92 Å². The first-order chi connectivity index (χ1) is 8.74. The zero-order chi connectivity index (χ0) is 13.0. The smallest absolute Gasteiger partial charge is 0.122 e. The Bertz CT molecular complexity index is 520. The maximum Gasteiger partial charge on any atom is 0.122 e. The molecule has 2 N–H and O–H groups in total. The van der Waals surface area contributed by atoms with Gasteiger partial charge in [-0.3, -0.25) is 0 Å². The van der Waals surface area contributed by atoms with E-state index in [1.165, 1.54) is 0 Å². The molecule has 0 aliphatic heterocycles. The number of hydrogen-bond donors (Lipinski definition) is 1. The van der Waals surface area contributed by atoms with E-state index in [1.807, 2.05) is 43.1 Å². The maximum atomic E-state index is 5.53. The van der Waals surface area contributed by atoms with Crippen LogP contribution in [0.1, 0.15) is 12.5 Å². The molecule has 0 saturated carbocycles. The van der Waals surface area contributed by atoms with Gasteiger partial charge in [0.05, 0.1) is 18.6 Å². The van der Waals surface area contributed by atoms with Crippen LogP contribution in [0.3, 0.4) is 0 Å². The summed E-state index contributed by atoms with van der Waals surface area (Å²) in [6, 6.07) is 6.13. The number of benzene rings is 1. The third-order valence-electron chi connectivity index (χ3n) is 2.79. The van der Waals surface area contributed by atoms with Crippen LogP contribution in [0.5, 0.6) is 5.75 Å². The molecule has 2 rings (SSSR count). The van der Waals surface area contributed by atoms with Crippen LogP contribution in [0.4, 0.5) is 0 Å². The molecule has 2 aromatic rings. The van der Waals surface area contributed by atoms with Crippen molar-refractivity contribution in [2.24, 2.45) is 5.73 Å². The number of ether oxygens (including phenoxy) is 1. The molecule has 1 aromatic carbocycles. The molecule has 0 saturated heterocycles. The van der Waals surface area contributed by atoms with Crippen LogP contribution in [0.25, 0.3) is 11.3 Å². The highest BCUT2D eigenvalue weighted by Crippen LogP contribution is 2.25. The van der Waals surface area contributed by atoms with Crippen LogP contribution >= 0.6 is 0 Å². The van der Waals surface area contributed by atoms with Gasteiger partial charge in [0.1, 0.15) is 5.75 Å². The Balaban J connectivity index is 2.24. The zero-order valence-corrected chi connectivity index (χ0v) is 10.9. The second-order valence-electron chi connectivity index (χ2n) is 4.20. The molecule has 96 valence electrons. The Morgan fingerprint density at radius 1 is 1.39 bits per heavy atom. The number of imidazole rings is 1. The number of aromatic nitrogens is 2. The minimum absolute atomic E-state index is 0.623. The summed E-state index contributed by atoms with van der Waals surface area (Å²) in [5.41, 5.74) is 8.72. The fourth-order valence-electron chi connectivity index (χ4n) is 1.91. The summed E-state index contributed by atoms with van der Waals surface area (Å²) in [7, 11) is 0. The number of aryl methyl sites for hydroxylation is 1. The molecule has 4 nitrogen and oxygen atoms in total. The van der Waals surface area contributed by atoms with Crippen molar-refractivity contribution in [2.75, 3.05) is 13.2 Å². The van der Waals surface area contributed by atoms with Gasteiger partial charge in [0.25, 0.3) is 0 Å². The highest BCUT2D eigenvalue weighted by atomic mass is 16.5. The lowest BCUT2D eigenvalue weighted by Gasteiger charge is -2.07. The van der Waals surface area contributed by atoms with Crippen LogP contribution in [0.15, 0.2) is 30.7 Å². The first-order valence-electron chi connectivity index (χ1n) is 6.20. The predicted octanol–water partition coefficient (Wildman–Crippen LogP) is 2.22. The van der Waals surface area contributed by atoms with Crippen molar-refractivity contribution in [1.82, 2.24) is 9.55 Å². The topological polar surface area (TPSA) is 53.1 Å². The quantitative estimate of drug-likeness (QED) is 0.878.